The molecule has 1 aromatic heterocycles. The second-order valence-corrected chi connectivity index (χ2v) is 3.61. The SMILES string of the molecule is CCNc1nc(Cl)nc(NCC(O)COC)n1. The third kappa shape index (κ3) is 5.12. The number of halogens is 1. The molecule has 0 amide bonds. The van der Waals surface area contributed by atoms with Crippen LogP contribution >= 0.6 is 11.6 Å². The van der Waals surface area contributed by atoms with E-state index in [1.54, 1.807) is 0 Å². The highest BCUT2D eigenvalue weighted by Gasteiger charge is 2.07. The molecule has 1 heterocycles. The van der Waals surface area contributed by atoms with Crippen molar-refractivity contribution in [2.75, 3.05) is 37.4 Å². The number of rotatable bonds is 7. The Labute approximate surface area is 105 Å². The summed E-state index contributed by atoms with van der Waals surface area (Å²) in [5, 5.41) is 15.3. The van der Waals surface area contributed by atoms with Gasteiger partial charge in [-0.1, -0.05) is 0 Å². The van der Waals surface area contributed by atoms with E-state index in [1.807, 2.05) is 6.92 Å². The largest absolute Gasteiger partial charge is 0.389 e. The predicted octanol–water partition coefficient (Wildman–Crippen LogP) is 0.376. The zero-order valence-corrected chi connectivity index (χ0v) is 10.5. The van der Waals surface area contributed by atoms with Crippen molar-refractivity contribution in [2.45, 2.75) is 13.0 Å². The van der Waals surface area contributed by atoms with Crippen molar-refractivity contribution in [3.05, 3.63) is 5.28 Å². The third-order valence-electron chi connectivity index (χ3n) is 1.80. The summed E-state index contributed by atoms with van der Waals surface area (Å²) >= 11 is 5.73. The maximum absolute atomic E-state index is 9.45. The molecule has 1 aromatic rings. The molecule has 1 unspecified atom stereocenters. The first-order chi connectivity index (χ1) is 8.15. The molecule has 1 atom stereocenters. The summed E-state index contributed by atoms with van der Waals surface area (Å²) in [6.07, 6.45) is -0.627. The number of hydrogen-bond donors (Lipinski definition) is 3. The minimum absolute atomic E-state index is 0.0969. The van der Waals surface area contributed by atoms with Crippen LogP contribution in [0, 0.1) is 0 Å². The molecular formula is C9H16ClN5O2. The quantitative estimate of drug-likeness (QED) is 0.653. The van der Waals surface area contributed by atoms with Crippen molar-refractivity contribution in [1.29, 1.82) is 0 Å². The molecule has 17 heavy (non-hydrogen) atoms. The van der Waals surface area contributed by atoms with Crippen LogP contribution < -0.4 is 10.6 Å². The lowest BCUT2D eigenvalue weighted by Crippen LogP contribution is -2.25. The van der Waals surface area contributed by atoms with Crippen molar-refractivity contribution >= 4 is 23.5 Å². The molecule has 3 N–H and O–H groups in total. The number of nitrogens with one attached hydrogen (secondary N) is 2. The Morgan fingerprint density at radius 3 is 2.53 bits per heavy atom. The van der Waals surface area contributed by atoms with E-state index in [2.05, 4.69) is 25.6 Å². The molecule has 0 bridgehead atoms. The predicted molar refractivity (Wildman–Crippen MR) is 65.4 cm³/mol. The zero-order chi connectivity index (χ0) is 12.7. The Morgan fingerprint density at radius 2 is 1.94 bits per heavy atom. The van der Waals surface area contributed by atoms with Crippen LogP contribution in [0.3, 0.4) is 0 Å². The van der Waals surface area contributed by atoms with Gasteiger partial charge in [-0.2, -0.15) is 15.0 Å². The molecule has 0 fully saturated rings. The Morgan fingerprint density at radius 1 is 1.29 bits per heavy atom. The van der Waals surface area contributed by atoms with Gasteiger partial charge in [0.2, 0.25) is 17.2 Å². The van der Waals surface area contributed by atoms with E-state index in [0.29, 0.717) is 18.4 Å². The van der Waals surface area contributed by atoms with Crippen LogP contribution in [-0.2, 0) is 4.74 Å². The van der Waals surface area contributed by atoms with Gasteiger partial charge in [-0.3, -0.25) is 0 Å². The highest BCUT2D eigenvalue weighted by atomic mass is 35.5. The van der Waals surface area contributed by atoms with Crippen LogP contribution in [0.4, 0.5) is 11.9 Å². The lowest BCUT2D eigenvalue weighted by Gasteiger charge is -2.11. The monoisotopic (exact) mass is 261 g/mol. The Kier molecular flexibility index (Phi) is 5.88. The van der Waals surface area contributed by atoms with Gasteiger partial charge in [-0.25, -0.2) is 0 Å². The number of aliphatic hydroxyl groups excluding tert-OH is 1. The van der Waals surface area contributed by atoms with Crippen LogP contribution in [0.25, 0.3) is 0 Å². The van der Waals surface area contributed by atoms with Gasteiger partial charge in [0.1, 0.15) is 0 Å². The highest BCUT2D eigenvalue weighted by Crippen LogP contribution is 2.09. The van der Waals surface area contributed by atoms with E-state index >= 15 is 0 Å². The van der Waals surface area contributed by atoms with Crippen molar-refractivity contribution < 1.29 is 9.84 Å². The third-order valence-corrected chi connectivity index (χ3v) is 1.97. The molecule has 0 aliphatic carbocycles. The molecule has 0 radical (unpaired) electrons. The number of methoxy groups -OCH3 is 1. The molecule has 8 heteroatoms. The second kappa shape index (κ2) is 7.21. The smallest absolute Gasteiger partial charge is 0.228 e. The molecule has 0 saturated heterocycles. The summed E-state index contributed by atoms with van der Waals surface area (Å²) in [5.41, 5.74) is 0. The Bertz CT molecular complexity index is 352. The molecule has 0 saturated carbocycles. The highest BCUT2D eigenvalue weighted by molar-refractivity contribution is 6.28. The van der Waals surface area contributed by atoms with Crippen molar-refractivity contribution in [1.82, 2.24) is 15.0 Å². The van der Waals surface area contributed by atoms with Crippen molar-refractivity contribution in [3.8, 4) is 0 Å². The molecule has 7 nitrogen and oxygen atoms in total. The van der Waals surface area contributed by atoms with Crippen molar-refractivity contribution in [3.63, 3.8) is 0 Å². The Balaban J connectivity index is 2.57. The first-order valence-electron chi connectivity index (χ1n) is 5.22. The maximum Gasteiger partial charge on any atom is 0.228 e. The van der Waals surface area contributed by atoms with E-state index in [0.717, 1.165) is 0 Å². The lowest BCUT2D eigenvalue weighted by molar-refractivity contribution is 0.0726. The van der Waals surface area contributed by atoms with Gasteiger partial charge in [0.05, 0.1) is 12.7 Å². The average molecular weight is 262 g/mol. The van der Waals surface area contributed by atoms with Crippen LogP contribution in [0.5, 0.6) is 0 Å². The summed E-state index contributed by atoms with van der Waals surface area (Å²) in [4.78, 5) is 11.9. The van der Waals surface area contributed by atoms with E-state index in [1.165, 1.54) is 7.11 Å². The van der Waals surface area contributed by atoms with Gasteiger partial charge in [0.15, 0.2) is 0 Å². The molecule has 0 aliphatic heterocycles. The summed E-state index contributed by atoms with van der Waals surface area (Å²) < 4.78 is 4.80. The fourth-order valence-electron chi connectivity index (χ4n) is 1.13. The molecule has 0 aliphatic rings. The fourth-order valence-corrected chi connectivity index (χ4v) is 1.29. The first-order valence-corrected chi connectivity index (χ1v) is 5.59. The minimum atomic E-state index is -0.627. The van der Waals surface area contributed by atoms with E-state index in [4.69, 9.17) is 16.3 Å². The van der Waals surface area contributed by atoms with E-state index in [-0.39, 0.29) is 18.4 Å². The topological polar surface area (TPSA) is 92.2 Å². The first kappa shape index (κ1) is 13.9. The van der Waals surface area contributed by atoms with Crippen LogP contribution in [0.15, 0.2) is 0 Å². The van der Waals surface area contributed by atoms with E-state index < -0.39 is 6.10 Å². The van der Waals surface area contributed by atoms with Crippen LogP contribution in [-0.4, -0.2) is 53.0 Å². The number of aliphatic hydroxyl groups is 1. The normalized spacial score (nSPS) is 12.2. The summed E-state index contributed by atoms with van der Waals surface area (Å²) in [7, 11) is 1.52. The van der Waals surface area contributed by atoms with Gasteiger partial charge in [0.25, 0.3) is 0 Å². The van der Waals surface area contributed by atoms with Crippen LogP contribution in [0.2, 0.25) is 5.28 Å². The number of anilines is 2. The van der Waals surface area contributed by atoms with Gasteiger partial charge in [0, 0.05) is 20.2 Å². The Hall–Kier alpha value is -1.18. The fraction of sp³-hybridized carbons (Fsp3) is 0.667. The average Bonchev–Trinajstić information content (AvgIpc) is 2.26. The molecule has 1 rings (SSSR count). The van der Waals surface area contributed by atoms with Gasteiger partial charge in [-0.15, -0.1) is 0 Å². The summed E-state index contributed by atoms with van der Waals surface area (Å²) in [6, 6.07) is 0. The van der Waals surface area contributed by atoms with Gasteiger partial charge in [-0.05, 0) is 18.5 Å². The molecule has 0 spiro atoms. The van der Waals surface area contributed by atoms with Gasteiger partial charge < -0.3 is 20.5 Å². The maximum atomic E-state index is 9.45. The molecular weight excluding hydrogens is 246 g/mol. The van der Waals surface area contributed by atoms with E-state index in [9.17, 15) is 5.11 Å². The second-order valence-electron chi connectivity index (χ2n) is 3.27. The molecule has 0 aromatic carbocycles. The standard InChI is InChI=1S/C9H16ClN5O2/c1-3-11-8-13-7(10)14-9(15-8)12-4-6(16)5-17-2/h6,16H,3-5H2,1-2H3,(H2,11,12,13,14,15). The number of ether oxygens (including phenoxy) is 1. The molecule has 96 valence electrons. The van der Waals surface area contributed by atoms with Crippen LogP contribution in [0.1, 0.15) is 6.92 Å². The number of nitrogens with zero attached hydrogens (tertiary/aromatic N) is 3. The minimum Gasteiger partial charge on any atom is -0.389 e. The lowest BCUT2D eigenvalue weighted by atomic mass is 10.4. The summed E-state index contributed by atoms with van der Waals surface area (Å²) in [6.45, 7) is 3.13. The summed E-state index contributed by atoms with van der Waals surface area (Å²) in [5.74, 6) is 0.715. The zero-order valence-electron chi connectivity index (χ0n) is 9.77. The number of hydrogen-bond acceptors (Lipinski definition) is 7. The van der Waals surface area contributed by atoms with Gasteiger partial charge >= 0.3 is 0 Å². The number of aromatic nitrogens is 3. The van der Waals surface area contributed by atoms with Crippen molar-refractivity contribution in [2.24, 2.45) is 0 Å².